The third kappa shape index (κ3) is 5.27. The van der Waals surface area contributed by atoms with Crippen molar-refractivity contribution >= 4 is 23.5 Å². The normalized spacial score (nSPS) is 9.90. The van der Waals surface area contributed by atoms with Gasteiger partial charge in [0.05, 0.1) is 17.9 Å². The Kier molecular flexibility index (Phi) is 5.35. The van der Waals surface area contributed by atoms with E-state index >= 15 is 0 Å². The van der Waals surface area contributed by atoms with Crippen molar-refractivity contribution in [2.75, 3.05) is 13.1 Å². The predicted octanol–water partition coefficient (Wildman–Crippen LogP) is -0.464. The Morgan fingerprint density at radius 3 is 2.19 bits per heavy atom. The molecule has 0 unspecified atom stereocenters. The van der Waals surface area contributed by atoms with Crippen molar-refractivity contribution in [1.29, 1.82) is 0 Å². The molecule has 0 saturated heterocycles. The smallest absolute Gasteiger partial charge is 0.323 e. The Bertz CT molecular complexity index is 553. The van der Waals surface area contributed by atoms with Gasteiger partial charge >= 0.3 is 5.97 Å². The van der Waals surface area contributed by atoms with Gasteiger partial charge in [-0.2, -0.15) is 0 Å². The van der Waals surface area contributed by atoms with Crippen molar-refractivity contribution in [1.82, 2.24) is 4.90 Å². The van der Waals surface area contributed by atoms with Gasteiger partial charge in [0.25, 0.3) is 5.69 Å². The molecule has 0 fully saturated rings. The van der Waals surface area contributed by atoms with E-state index in [0.29, 0.717) is 5.56 Å². The number of benzene rings is 1. The van der Waals surface area contributed by atoms with Gasteiger partial charge in [0.1, 0.15) is 6.54 Å². The van der Waals surface area contributed by atoms with Gasteiger partial charge in [-0.3, -0.25) is 24.5 Å². The number of carbonyl (C=O) groups is 3. The van der Waals surface area contributed by atoms with E-state index < -0.39 is 35.8 Å². The molecule has 0 radical (unpaired) electrons. The molecule has 0 heterocycles. The molecule has 0 aromatic heterocycles. The van der Waals surface area contributed by atoms with Crippen molar-refractivity contribution in [3.63, 3.8) is 0 Å². The van der Waals surface area contributed by atoms with Crippen LogP contribution in [0.4, 0.5) is 5.69 Å². The van der Waals surface area contributed by atoms with Crippen LogP contribution in [0.2, 0.25) is 0 Å². The van der Waals surface area contributed by atoms with Crippen LogP contribution < -0.4 is 5.73 Å². The molecule has 21 heavy (non-hydrogen) atoms. The Labute approximate surface area is 119 Å². The number of carbonyl (C=O) groups excluding carboxylic acids is 2. The summed E-state index contributed by atoms with van der Waals surface area (Å²) >= 11 is 0. The fourth-order valence-electron chi connectivity index (χ4n) is 1.61. The minimum atomic E-state index is -1.27. The van der Waals surface area contributed by atoms with Crippen LogP contribution in [0.5, 0.6) is 0 Å². The Balaban J connectivity index is 2.77. The highest BCUT2D eigenvalue weighted by Gasteiger charge is 2.19. The number of aliphatic carboxylic acids is 1. The summed E-state index contributed by atoms with van der Waals surface area (Å²) in [6.07, 6.45) is -0.182. The van der Waals surface area contributed by atoms with Crippen LogP contribution in [0.15, 0.2) is 24.3 Å². The molecule has 0 aliphatic rings. The molecular formula is C12H13N3O6. The zero-order chi connectivity index (χ0) is 16.0. The molecule has 0 aliphatic heterocycles. The Morgan fingerprint density at radius 2 is 1.76 bits per heavy atom. The summed E-state index contributed by atoms with van der Waals surface area (Å²) in [6.45, 7) is -1.15. The first-order chi connectivity index (χ1) is 9.79. The molecule has 0 bridgehead atoms. The van der Waals surface area contributed by atoms with Gasteiger partial charge in [0.15, 0.2) is 0 Å². The lowest BCUT2D eigenvalue weighted by molar-refractivity contribution is -0.384. The van der Waals surface area contributed by atoms with E-state index in [9.17, 15) is 24.5 Å². The number of hydrogen-bond donors (Lipinski definition) is 2. The van der Waals surface area contributed by atoms with Crippen LogP contribution in [-0.4, -0.2) is 45.8 Å². The average Bonchev–Trinajstić information content (AvgIpc) is 2.37. The summed E-state index contributed by atoms with van der Waals surface area (Å²) in [4.78, 5) is 44.1. The maximum atomic E-state index is 11.9. The summed E-state index contributed by atoms with van der Waals surface area (Å²) in [5.74, 6) is -2.70. The monoisotopic (exact) mass is 295 g/mol. The van der Waals surface area contributed by atoms with E-state index in [0.717, 1.165) is 4.90 Å². The molecule has 0 atom stereocenters. The van der Waals surface area contributed by atoms with Gasteiger partial charge < -0.3 is 15.7 Å². The molecule has 112 valence electrons. The molecule has 9 heteroatoms. The third-order valence-corrected chi connectivity index (χ3v) is 2.53. The molecule has 1 rings (SSSR count). The van der Waals surface area contributed by atoms with Crippen molar-refractivity contribution in [3.05, 3.63) is 39.9 Å². The number of nitrogens with two attached hydrogens (primary N) is 1. The highest BCUT2D eigenvalue weighted by atomic mass is 16.6. The summed E-state index contributed by atoms with van der Waals surface area (Å²) in [6, 6.07) is 5.25. The number of carboxylic acid groups (broad SMARTS) is 1. The van der Waals surface area contributed by atoms with Gasteiger partial charge in [0, 0.05) is 12.1 Å². The second kappa shape index (κ2) is 6.98. The first-order valence-corrected chi connectivity index (χ1v) is 5.81. The maximum absolute atomic E-state index is 11.9. The highest BCUT2D eigenvalue weighted by Crippen LogP contribution is 2.13. The van der Waals surface area contributed by atoms with Crippen LogP contribution in [0.1, 0.15) is 5.56 Å². The maximum Gasteiger partial charge on any atom is 0.323 e. The lowest BCUT2D eigenvalue weighted by Crippen LogP contribution is -2.42. The van der Waals surface area contributed by atoms with Crippen LogP contribution in [0.25, 0.3) is 0 Å². The molecule has 0 spiro atoms. The van der Waals surface area contributed by atoms with Gasteiger partial charge in [-0.15, -0.1) is 0 Å². The van der Waals surface area contributed by atoms with Crippen LogP contribution >= 0.6 is 0 Å². The van der Waals surface area contributed by atoms with E-state index in [1.165, 1.54) is 24.3 Å². The lowest BCUT2D eigenvalue weighted by atomic mass is 10.1. The SMILES string of the molecule is NC(=O)CN(CC(=O)O)C(=O)Cc1ccc([N+](=O)[O-])cc1. The molecule has 9 nitrogen and oxygen atoms in total. The summed E-state index contributed by atoms with van der Waals surface area (Å²) < 4.78 is 0. The molecular weight excluding hydrogens is 282 g/mol. The summed E-state index contributed by atoms with van der Waals surface area (Å²) in [5.41, 5.74) is 5.30. The predicted molar refractivity (Wildman–Crippen MR) is 70.2 cm³/mol. The number of amides is 2. The molecule has 0 aliphatic carbocycles. The number of nitro groups is 1. The van der Waals surface area contributed by atoms with Crippen molar-refractivity contribution in [3.8, 4) is 0 Å². The minimum absolute atomic E-state index is 0.120. The Hall–Kier alpha value is -2.97. The Morgan fingerprint density at radius 1 is 1.19 bits per heavy atom. The first kappa shape index (κ1) is 16.1. The second-order valence-electron chi connectivity index (χ2n) is 4.21. The number of rotatable bonds is 7. The number of non-ortho nitro benzene ring substituents is 1. The number of carboxylic acids is 1. The first-order valence-electron chi connectivity index (χ1n) is 5.81. The fourth-order valence-corrected chi connectivity index (χ4v) is 1.61. The van der Waals surface area contributed by atoms with Gasteiger partial charge in [-0.25, -0.2) is 0 Å². The minimum Gasteiger partial charge on any atom is -0.480 e. The van der Waals surface area contributed by atoms with E-state index in [-0.39, 0.29) is 12.1 Å². The molecule has 3 N–H and O–H groups in total. The molecule has 1 aromatic carbocycles. The molecule has 1 aromatic rings. The lowest BCUT2D eigenvalue weighted by Gasteiger charge is -2.18. The average molecular weight is 295 g/mol. The van der Waals surface area contributed by atoms with E-state index in [2.05, 4.69) is 0 Å². The van der Waals surface area contributed by atoms with E-state index in [4.69, 9.17) is 10.8 Å². The van der Waals surface area contributed by atoms with E-state index in [1.807, 2.05) is 0 Å². The third-order valence-electron chi connectivity index (χ3n) is 2.53. The van der Waals surface area contributed by atoms with Crippen molar-refractivity contribution < 1.29 is 24.4 Å². The summed E-state index contributed by atoms with van der Waals surface area (Å²) in [7, 11) is 0. The van der Waals surface area contributed by atoms with Crippen LogP contribution in [0.3, 0.4) is 0 Å². The quantitative estimate of drug-likeness (QED) is 0.514. The highest BCUT2D eigenvalue weighted by molar-refractivity contribution is 5.87. The van der Waals surface area contributed by atoms with Gasteiger partial charge in [-0.05, 0) is 5.56 Å². The topological polar surface area (TPSA) is 144 Å². The number of nitro benzene ring substituents is 1. The second-order valence-corrected chi connectivity index (χ2v) is 4.21. The van der Waals surface area contributed by atoms with Crippen molar-refractivity contribution in [2.24, 2.45) is 5.73 Å². The van der Waals surface area contributed by atoms with Crippen LogP contribution in [-0.2, 0) is 20.8 Å². The molecule has 2 amide bonds. The zero-order valence-electron chi connectivity index (χ0n) is 10.9. The van der Waals surface area contributed by atoms with E-state index in [1.54, 1.807) is 0 Å². The van der Waals surface area contributed by atoms with Crippen molar-refractivity contribution in [2.45, 2.75) is 6.42 Å². The number of nitrogens with zero attached hydrogens (tertiary/aromatic N) is 2. The standard InChI is InChI=1S/C12H13N3O6/c13-10(16)6-14(7-12(18)19)11(17)5-8-1-3-9(4-2-8)15(20)21/h1-4H,5-7H2,(H2,13,16)(H,18,19). The number of hydrogen-bond acceptors (Lipinski definition) is 5. The largest absolute Gasteiger partial charge is 0.480 e. The zero-order valence-corrected chi connectivity index (χ0v) is 10.9. The van der Waals surface area contributed by atoms with Crippen LogP contribution in [0, 0.1) is 10.1 Å². The summed E-state index contributed by atoms with van der Waals surface area (Å²) in [5, 5.41) is 19.2. The van der Waals surface area contributed by atoms with Gasteiger partial charge in [-0.1, -0.05) is 12.1 Å². The van der Waals surface area contributed by atoms with Gasteiger partial charge in [0.2, 0.25) is 11.8 Å². The number of primary amides is 1. The molecule has 0 saturated carbocycles. The fraction of sp³-hybridized carbons (Fsp3) is 0.250.